The van der Waals surface area contributed by atoms with Crippen LogP contribution in [0.3, 0.4) is 0 Å². The van der Waals surface area contributed by atoms with E-state index in [2.05, 4.69) is 4.57 Å². The Bertz CT molecular complexity index is 906. The van der Waals surface area contributed by atoms with E-state index in [4.69, 9.17) is 0 Å². The monoisotopic (exact) mass is 329 g/mol. The Morgan fingerprint density at radius 3 is 2.24 bits per heavy atom. The lowest BCUT2D eigenvalue weighted by Gasteiger charge is -2.10. The van der Waals surface area contributed by atoms with E-state index < -0.39 is 0 Å². The van der Waals surface area contributed by atoms with Gasteiger partial charge in [0.2, 0.25) is 0 Å². The molecule has 1 aromatic heterocycles. The third-order valence-corrected chi connectivity index (χ3v) is 4.11. The van der Waals surface area contributed by atoms with Gasteiger partial charge in [-0.05, 0) is 24.6 Å². The molecule has 0 atom stereocenters. The van der Waals surface area contributed by atoms with Crippen LogP contribution in [0.5, 0.6) is 0 Å². The van der Waals surface area contributed by atoms with Crippen molar-refractivity contribution in [3.8, 4) is 11.3 Å². The molecule has 0 radical (unpaired) electrons. The number of ketones is 1. The first-order valence-electron chi connectivity index (χ1n) is 8.26. The fraction of sp³-hybridized carbons (Fsp3) is 0.0909. The van der Waals surface area contributed by atoms with Crippen molar-refractivity contribution in [2.45, 2.75) is 13.5 Å². The van der Waals surface area contributed by atoms with E-state index in [0.717, 1.165) is 29.7 Å². The number of aryl methyl sites for hydroxylation is 1. The van der Waals surface area contributed by atoms with Crippen LogP contribution in [-0.2, 0) is 11.3 Å². The molecule has 3 heteroatoms. The number of hydrogen-bond acceptors (Lipinski definition) is 2. The number of benzene rings is 2. The summed E-state index contributed by atoms with van der Waals surface area (Å²) in [5, 5.41) is 0. The summed E-state index contributed by atoms with van der Waals surface area (Å²) in [5.74, 6) is -0.0443. The number of nitrogens with zero attached hydrogens (tertiary/aromatic N) is 1. The van der Waals surface area contributed by atoms with Crippen molar-refractivity contribution in [1.82, 2.24) is 4.57 Å². The number of hydrogen-bond donors (Lipinski definition) is 0. The van der Waals surface area contributed by atoms with Crippen molar-refractivity contribution < 1.29 is 9.59 Å². The van der Waals surface area contributed by atoms with Gasteiger partial charge in [0.25, 0.3) is 0 Å². The predicted octanol–water partition coefficient (Wildman–Crippen LogP) is 4.62. The topological polar surface area (TPSA) is 39.1 Å². The van der Waals surface area contributed by atoms with Crippen LogP contribution in [0, 0.1) is 0 Å². The maximum atomic E-state index is 13.2. The highest BCUT2D eigenvalue weighted by atomic mass is 16.1. The van der Waals surface area contributed by atoms with Gasteiger partial charge in [0, 0.05) is 23.9 Å². The third kappa shape index (κ3) is 3.36. The summed E-state index contributed by atoms with van der Waals surface area (Å²) < 4.78 is 2.05. The molecule has 124 valence electrons. The lowest BCUT2D eigenvalue weighted by Crippen LogP contribution is -2.05. The van der Waals surface area contributed by atoms with Crippen molar-refractivity contribution in [3.05, 3.63) is 89.6 Å². The molecule has 0 unspecified atom stereocenters. The van der Waals surface area contributed by atoms with Crippen molar-refractivity contribution in [3.63, 3.8) is 0 Å². The zero-order valence-electron chi connectivity index (χ0n) is 14.1. The molecule has 0 saturated heterocycles. The molecule has 0 amide bonds. The largest absolute Gasteiger partial charge is 0.347 e. The van der Waals surface area contributed by atoms with Crippen LogP contribution in [0.2, 0.25) is 0 Å². The molecule has 3 aromatic rings. The second kappa shape index (κ2) is 7.58. The molecule has 0 N–H and O–H groups in total. The Kier molecular flexibility index (Phi) is 5.05. The summed E-state index contributed by atoms with van der Waals surface area (Å²) in [5.41, 5.74) is 3.87. The molecule has 0 aliphatic carbocycles. The van der Waals surface area contributed by atoms with Gasteiger partial charge in [0.05, 0.1) is 11.3 Å². The van der Waals surface area contributed by atoms with E-state index in [9.17, 15) is 9.59 Å². The standard InChI is InChI=1S/C22H19NO2/c1-2-23-16-19(14-9-15-24)20(21(23)17-10-5-3-6-11-17)22(25)18-12-7-4-8-13-18/h3-16H,2H2,1H3/b14-9+. The van der Waals surface area contributed by atoms with Gasteiger partial charge in [-0.1, -0.05) is 60.7 Å². The van der Waals surface area contributed by atoms with Gasteiger partial charge in [-0.3, -0.25) is 9.59 Å². The fourth-order valence-corrected chi connectivity index (χ4v) is 2.97. The second-order valence-electron chi connectivity index (χ2n) is 5.65. The first-order valence-corrected chi connectivity index (χ1v) is 8.26. The quantitative estimate of drug-likeness (QED) is 0.376. The van der Waals surface area contributed by atoms with Crippen LogP contribution in [0.15, 0.2) is 72.9 Å². The zero-order chi connectivity index (χ0) is 17.6. The van der Waals surface area contributed by atoms with Crippen molar-refractivity contribution in [1.29, 1.82) is 0 Å². The van der Waals surface area contributed by atoms with E-state index in [0.29, 0.717) is 11.1 Å². The van der Waals surface area contributed by atoms with Crippen molar-refractivity contribution in [2.75, 3.05) is 0 Å². The zero-order valence-corrected chi connectivity index (χ0v) is 14.1. The molecular formula is C22H19NO2. The number of aromatic nitrogens is 1. The first kappa shape index (κ1) is 16.7. The van der Waals surface area contributed by atoms with Gasteiger partial charge in [0.1, 0.15) is 6.29 Å². The van der Waals surface area contributed by atoms with Gasteiger partial charge in [-0.2, -0.15) is 0 Å². The van der Waals surface area contributed by atoms with Crippen LogP contribution >= 0.6 is 0 Å². The van der Waals surface area contributed by atoms with Gasteiger partial charge in [-0.15, -0.1) is 0 Å². The van der Waals surface area contributed by atoms with Gasteiger partial charge in [0.15, 0.2) is 5.78 Å². The van der Waals surface area contributed by atoms with Gasteiger partial charge >= 0.3 is 0 Å². The summed E-state index contributed by atoms with van der Waals surface area (Å²) >= 11 is 0. The Balaban J connectivity index is 2.26. The summed E-state index contributed by atoms with van der Waals surface area (Å²) in [6.07, 6.45) is 5.77. The molecular weight excluding hydrogens is 310 g/mol. The highest BCUT2D eigenvalue weighted by molar-refractivity contribution is 6.15. The molecule has 0 fully saturated rings. The van der Waals surface area contributed by atoms with E-state index in [1.807, 2.05) is 73.8 Å². The van der Waals surface area contributed by atoms with Crippen LogP contribution in [0.4, 0.5) is 0 Å². The highest BCUT2D eigenvalue weighted by Crippen LogP contribution is 2.31. The van der Waals surface area contributed by atoms with Gasteiger partial charge < -0.3 is 4.57 Å². The van der Waals surface area contributed by atoms with Crippen LogP contribution in [-0.4, -0.2) is 16.6 Å². The Labute approximate surface area is 147 Å². The molecule has 3 rings (SSSR count). The van der Waals surface area contributed by atoms with Crippen LogP contribution < -0.4 is 0 Å². The lowest BCUT2D eigenvalue weighted by atomic mass is 9.96. The van der Waals surface area contributed by atoms with E-state index in [1.165, 1.54) is 6.08 Å². The number of aldehydes is 1. The minimum atomic E-state index is -0.0443. The third-order valence-electron chi connectivity index (χ3n) is 4.11. The first-order chi connectivity index (χ1) is 12.3. The number of carbonyl (C=O) groups is 2. The lowest BCUT2D eigenvalue weighted by molar-refractivity contribution is -0.104. The molecule has 25 heavy (non-hydrogen) atoms. The maximum absolute atomic E-state index is 13.2. The minimum Gasteiger partial charge on any atom is -0.347 e. The molecule has 0 bridgehead atoms. The molecule has 0 spiro atoms. The minimum absolute atomic E-state index is 0.0443. The Morgan fingerprint density at radius 1 is 1.00 bits per heavy atom. The maximum Gasteiger partial charge on any atom is 0.195 e. The Morgan fingerprint density at radius 2 is 1.64 bits per heavy atom. The number of rotatable bonds is 6. The van der Waals surface area contributed by atoms with Crippen molar-refractivity contribution in [2.24, 2.45) is 0 Å². The fourth-order valence-electron chi connectivity index (χ4n) is 2.97. The summed E-state index contributed by atoms with van der Waals surface area (Å²) in [6, 6.07) is 19.1. The average Bonchev–Trinajstić information content (AvgIpc) is 3.05. The molecule has 1 heterocycles. The van der Waals surface area contributed by atoms with Crippen molar-refractivity contribution >= 4 is 18.1 Å². The van der Waals surface area contributed by atoms with Crippen LogP contribution in [0.1, 0.15) is 28.4 Å². The molecule has 0 saturated carbocycles. The average molecular weight is 329 g/mol. The summed E-state index contributed by atoms with van der Waals surface area (Å²) in [6.45, 7) is 2.77. The summed E-state index contributed by atoms with van der Waals surface area (Å²) in [7, 11) is 0. The SMILES string of the molecule is CCn1cc(/C=C/C=O)c(C(=O)c2ccccc2)c1-c1ccccc1. The molecule has 3 nitrogen and oxygen atoms in total. The Hall–Kier alpha value is -3.20. The van der Waals surface area contributed by atoms with E-state index in [1.54, 1.807) is 6.08 Å². The second-order valence-corrected chi connectivity index (χ2v) is 5.65. The van der Waals surface area contributed by atoms with Crippen LogP contribution in [0.25, 0.3) is 17.3 Å². The molecule has 0 aliphatic rings. The van der Waals surface area contributed by atoms with E-state index in [-0.39, 0.29) is 5.78 Å². The highest BCUT2D eigenvalue weighted by Gasteiger charge is 2.22. The molecule has 2 aromatic carbocycles. The molecule has 0 aliphatic heterocycles. The van der Waals surface area contributed by atoms with E-state index >= 15 is 0 Å². The normalized spacial score (nSPS) is 10.9. The summed E-state index contributed by atoms with van der Waals surface area (Å²) in [4.78, 5) is 24.0. The predicted molar refractivity (Wildman–Crippen MR) is 101 cm³/mol. The smallest absolute Gasteiger partial charge is 0.195 e. The number of allylic oxidation sites excluding steroid dienone is 1. The number of carbonyl (C=O) groups excluding carboxylic acids is 2. The van der Waals surface area contributed by atoms with Gasteiger partial charge in [-0.25, -0.2) is 0 Å².